The fourth-order valence-electron chi connectivity index (χ4n) is 12.3. The number of phosphoric ester groups is 2. The molecule has 0 aliphatic rings. The van der Waals surface area contributed by atoms with E-state index in [4.69, 9.17) is 32.3 Å². The van der Waals surface area contributed by atoms with Crippen molar-refractivity contribution in [2.24, 2.45) is 0 Å². The summed E-state index contributed by atoms with van der Waals surface area (Å²) < 4.78 is 61.5. The molecule has 0 spiro atoms. The van der Waals surface area contributed by atoms with E-state index >= 15 is 0 Å². The van der Waals surface area contributed by atoms with Crippen LogP contribution >= 0.6 is 15.6 Å². The number of aliphatic hydroxyl groups excluding tert-OH is 2. The molecule has 0 rings (SSSR count). The van der Waals surface area contributed by atoms with Crippen molar-refractivity contribution in [2.45, 2.75) is 386 Å². The van der Waals surface area contributed by atoms with Crippen LogP contribution in [0.2, 0.25) is 0 Å². The Hall–Kier alpha value is -5.61. The van der Waals surface area contributed by atoms with Crippen molar-refractivity contribution in [1.29, 1.82) is 0 Å². The van der Waals surface area contributed by atoms with E-state index in [9.17, 15) is 43.5 Å². The Morgan fingerprint density at radius 2 is 0.420 bits per heavy atom. The molecule has 0 radical (unpaired) electrons. The molecule has 119 heavy (non-hydrogen) atoms. The Morgan fingerprint density at radius 3 is 0.664 bits per heavy atom. The SMILES string of the molecule is CC/C=C\C/C=C\C/C=C\C/C=C\C/C=C\C/C=C\CCCCCCCCC(=O)OCC(COP(=O)(O)OCC(O)COP(=O)(O)OCC(O)COC(=O)CCCCCCCCCCCCCCCCCCC/C=C\C/C=C\C/C=C\C/C=C\C/C=C\CC)OC(=O)CCCCCCCCCCC/C=C\C/C=C\C/C=C\C/C=C\C/C=C\CC. The van der Waals surface area contributed by atoms with Crippen LogP contribution in [0.4, 0.5) is 0 Å². The maximum absolute atomic E-state index is 13.1. The molecule has 5 atom stereocenters. The predicted octanol–water partition coefficient (Wildman–Crippen LogP) is 29.0. The fourth-order valence-corrected chi connectivity index (χ4v) is 13.9. The summed E-state index contributed by atoms with van der Waals surface area (Å²) in [5.41, 5.74) is 0. The van der Waals surface area contributed by atoms with Crippen molar-refractivity contribution in [3.63, 3.8) is 0 Å². The van der Waals surface area contributed by atoms with Crippen LogP contribution in [-0.2, 0) is 55.8 Å². The van der Waals surface area contributed by atoms with E-state index < -0.39 is 91.5 Å². The van der Waals surface area contributed by atoms with E-state index in [1.165, 1.54) is 109 Å². The van der Waals surface area contributed by atoms with Gasteiger partial charge >= 0.3 is 33.6 Å². The van der Waals surface area contributed by atoms with Crippen LogP contribution in [0.25, 0.3) is 0 Å². The summed E-state index contributed by atoms with van der Waals surface area (Å²) in [5, 5.41) is 20.8. The maximum Gasteiger partial charge on any atom is 0.472 e. The molecule has 0 aromatic heterocycles. The van der Waals surface area contributed by atoms with Gasteiger partial charge in [0.1, 0.15) is 25.4 Å². The number of rotatable bonds is 87. The summed E-state index contributed by atoms with van der Waals surface area (Å²) >= 11 is 0. The minimum absolute atomic E-state index is 0.0866. The first kappa shape index (κ1) is 113. The second kappa shape index (κ2) is 91.6. The monoisotopic (exact) mass is 1700 g/mol. The summed E-state index contributed by atoms with van der Waals surface area (Å²) in [6.45, 7) is 2.35. The highest BCUT2D eigenvalue weighted by Gasteiger charge is 2.29. The van der Waals surface area contributed by atoms with E-state index in [1.54, 1.807) is 0 Å². The quantitative estimate of drug-likeness (QED) is 0.0146. The maximum atomic E-state index is 13.1. The number of carbonyl (C=O) groups excluding carboxylic acids is 3. The topological polar surface area (TPSA) is 231 Å². The number of hydrogen-bond donors (Lipinski definition) is 4. The van der Waals surface area contributed by atoms with E-state index in [-0.39, 0.29) is 19.3 Å². The lowest BCUT2D eigenvalue weighted by molar-refractivity contribution is -0.161. The van der Waals surface area contributed by atoms with Gasteiger partial charge in [-0.2, -0.15) is 0 Å². The summed E-state index contributed by atoms with van der Waals surface area (Å²) in [7, 11) is -9.82. The van der Waals surface area contributed by atoms with E-state index in [0.29, 0.717) is 19.3 Å². The van der Waals surface area contributed by atoms with Gasteiger partial charge in [0.25, 0.3) is 0 Å². The lowest BCUT2D eigenvalue weighted by atomic mass is 10.0. The van der Waals surface area contributed by atoms with Crippen molar-refractivity contribution in [2.75, 3.05) is 39.6 Å². The minimum Gasteiger partial charge on any atom is -0.463 e. The van der Waals surface area contributed by atoms with Gasteiger partial charge < -0.3 is 34.2 Å². The highest BCUT2D eigenvalue weighted by molar-refractivity contribution is 7.47. The molecule has 0 bridgehead atoms. The molecule has 0 aromatic rings. The number of aliphatic hydroxyl groups is 2. The molecule has 18 heteroatoms. The zero-order valence-electron chi connectivity index (χ0n) is 74.7. The number of hydrogen-bond acceptors (Lipinski definition) is 14. The average molecular weight is 1700 g/mol. The van der Waals surface area contributed by atoms with Gasteiger partial charge in [0, 0.05) is 19.3 Å². The number of unbranched alkanes of at least 4 members (excludes halogenated alkanes) is 32. The van der Waals surface area contributed by atoms with E-state index in [1.807, 2.05) is 0 Å². The van der Waals surface area contributed by atoms with Gasteiger partial charge in [-0.15, -0.1) is 0 Å². The normalized spacial score (nSPS) is 14.6. The molecule has 0 saturated carbocycles. The number of carbonyl (C=O) groups is 3. The molecule has 0 aliphatic heterocycles. The third-order valence-electron chi connectivity index (χ3n) is 19.3. The Balaban J connectivity index is 4.62. The van der Waals surface area contributed by atoms with Crippen LogP contribution < -0.4 is 0 Å². The molecule has 0 heterocycles. The fraction of sp³-hybridized carbons (Fsp3) is 0.653. The van der Waals surface area contributed by atoms with Crippen LogP contribution in [0, 0.1) is 0 Å². The molecule has 0 fully saturated rings. The minimum atomic E-state index is -4.95. The Labute approximate surface area is 725 Å². The van der Waals surface area contributed by atoms with E-state index in [0.717, 1.165) is 199 Å². The van der Waals surface area contributed by atoms with Gasteiger partial charge in [-0.1, -0.05) is 382 Å². The van der Waals surface area contributed by atoms with Gasteiger partial charge in [-0.05, 0) is 161 Å². The molecule has 16 nitrogen and oxygen atoms in total. The number of phosphoric acid groups is 2. The lowest BCUT2D eigenvalue weighted by Gasteiger charge is -2.21. The average Bonchev–Trinajstić information content (AvgIpc) is 0.899. The highest BCUT2D eigenvalue weighted by atomic mass is 31.2. The smallest absolute Gasteiger partial charge is 0.463 e. The lowest BCUT2D eigenvalue weighted by Crippen LogP contribution is -2.30. The van der Waals surface area contributed by atoms with Crippen LogP contribution in [-0.4, -0.2) is 95.9 Å². The third kappa shape index (κ3) is 92.9. The molecule has 0 amide bonds. The van der Waals surface area contributed by atoms with Crippen molar-refractivity contribution in [3.05, 3.63) is 194 Å². The number of esters is 3. The van der Waals surface area contributed by atoms with Gasteiger partial charge in [-0.3, -0.25) is 32.5 Å². The zero-order chi connectivity index (χ0) is 86.5. The highest BCUT2D eigenvalue weighted by Crippen LogP contribution is 2.45. The molecule has 0 aromatic carbocycles. The first-order chi connectivity index (χ1) is 58.2. The second-order valence-corrected chi connectivity index (χ2v) is 33.6. The van der Waals surface area contributed by atoms with Crippen molar-refractivity contribution >= 4 is 33.6 Å². The van der Waals surface area contributed by atoms with Gasteiger partial charge in [0.15, 0.2) is 6.10 Å². The van der Waals surface area contributed by atoms with Crippen LogP contribution in [0.15, 0.2) is 194 Å². The Kier molecular flexibility index (Phi) is 87.3. The van der Waals surface area contributed by atoms with Crippen molar-refractivity contribution in [1.82, 2.24) is 0 Å². The van der Waals surface area contributed by atoms with Gasteiger partial charge in [0.2, 0.25) is 0 Å². The van der Waals surface area contributed by atoms with Gasteiger partial charge in [0.05, 0.1) is 26.4 Å². The first-order valence-electron chi connectivity index (χ1n) is 46.7. The molecular formula is C101H168O16P2. The zero-order valence-corrected chi connectivity index (χ0v) is 76.5. The Morgan fingerprint density at radius 1 is 0.235 bits per heavy atom. The largest absolute Gasteiger partial charge is 0.472 e. The predicted molar refractivity (Wildman–Crippen MR) is 500 cm³/mol. The number of allylic oxidation sites excluding steroid dienone is 32. The van der Waals surface area contributed by atoms with Crippen LogP contribution in [0.3, 0.4) is 0 Å². The molecule has 0 aliphatic carbocycles. The summed E-state index contributed by atoms with van der Waals surface area (Å²) in [5.74, 6) is -1.60. The first-order valence-corrected chi connectivity index (χ1v) is 49.7. The molecule has 0 saturated heterocycles. The summed E-state index contributed by atoms with van der Waals surface area (Å²) in [4.78, 5) is 59.1. The number of ether oxygens (including phenoxy) is 3. The standard InChI is InChI=1S/C101H168O16P2/c1-4-7-10-13-16-19-22-25-28-31-34-37-40-43-44-45-46-47-48-49-50-53-55-57-60-63-66-69-72-75-78-81-84-87-99(104)111-90-96(102)91-113-118(107,108)114-92-97(103)93-115-119(109,110)116-95-98(117-101(106)89-86-83-80-77-74-71-68-65-62-59-56-52-42-39-36-33-30-27-24-21-18-15-12-9-6-3)94-112-100(105)88-85-82-79-76-73-70-67-64-61-58-54-51-41-38-35-32-29-26-23-20-17-14-11-8-5-2/h7-12,16-21,25-30,34-39,43-44,51-52,54,56,61,64,96-98,102-103H,4-6,13-15,22-24,31-33,40-42,45-50,53,55,57-60,62-63,65-95H2,1-3H3,(H,107,108)(H,109,110)/b10-7-,11-8-,12-9-,19-16-,20-17-,21-18-,28-25-,29-26-,30-27-,37-34-,38-35-,39-36-,44-43-,54-51-,56-52-,64-61-. The van der Waals surface area contributed by atoms with Gasteiger partial charge in [-0.25, -0.2) is 9.13 Å². The molecule has 5 unspecified atom stereocenters. The molecular weight excluding hydrogens is 1530 g/mol. The van der Waals surface area contributed by atoms with E-state index in [2.05, 4.69) is 215 Å². The third-order valence-corrected chi connectivity index (χ3v) is 21.2. The summed E-state index contributed by atoms with van der Waals surface area (Å²) in [6.07, 6.45) is 122. The molecule has 678 valence electrons. The van der Waals surface area contributed by atoms with Crippen LogP contribution in [0.1, 0.15) is 367 Å². The summed E-state index contributed by atoms with van der Waals surface area (Å²) in [6, 6.07) is 0. The second-order valence-electron chi connectivity index (χ2n) is 30.7. The van der Waals surface area contributed by atoms with Crippen molar-refractivity contribution in [3.8, 4) is 0 Å². The molecule has 4 N–H and O–H groups in total. The van der Waals surface area contributed by atoms with Crippen molar-refractivity contribution < 1.29 is 75.8 Å². The Bertz CT molecular complexity index is 2940. The van der Waals surface area contributed by atoms with Crippen LogP contribution in [0.5, 0.6) is 0 Å².